The second-order valence-corrected chi connectivity index (χ2v) is 10.2. The van der Waals surface area contributed by atoms with Crippen molar-refractivity contribution in [3.8, 4) is 5.75 Å². The number of hydrogen-bond acceptors (Lipinski definition) is 10. The van der Waals surface area contributed by atoms with E-state index in [-0.39, 0.29) is 29.3 Å². The first-order chi connectivity index (χ1) is 15.2. The monoisotopic (exact) mass is 480 g/mol. The van der Waals surface area contributed by atoms with Gasteiger partial charge in [-0.25, -0.2) is 13.4 Å². The van der Waals surface area contributed by atoms with E-state index >= 15 is 0 Å². The number of fused-ring (bicyclic) bond motifs is 1. The van der Waals surface area contributed by atoms with E-state index in [9.17, 15) is 23.3 Å². The summed E-state index contributed by atoms with van der Waals surface area (Å²) in [5.41, 5.74) is -0.00979. The number of sulfonamides is 1. The Kier molecular flexibility index (Phi) is 5.94. The maximum Gasteiger partial charge on any atom is 0.312 e. The number of aromatic nitrogens is 3. The zero-order valence-corrected chi connectivity index (χ0v) is 18.9. The van der Waals surface area contributed by atoms with Gasteiger partial charge in [0.1, 0.15) is 5.01 Å². The lowest BCUT2D eigenvalue weighted by Gasteiger charge is -2.33. The lowest BCUT2D eigenvalue weighted by Crippen LogP contribution is -2.48. The Bertz CT molecular complexity index is 1340. The van der Waals surface area contributed by atoms with Crippen LogP contribution in [0.1, 0.15) is 10.7 Å². The molecule has 1 saturated heterocycles. The van der Waals surface area contributed by atoms with Crippen molar-refractivity contribution in [1.82, 2.24) is 23.8 Å². The van der Waals surface area contributed by atoms with Gasteiger partial charge in [0.2, 0.25) is 15.0 Å². The fourth-order valence-corrected chi connectivity index (χ4v) is 5.90. The van der Waals surface area contributed by atoms with Gasteiger partial charge >= 0.3 is 5.69 Å². The number of ether oxygens (including phenoxy) is 1. The maximum absolute atomic E-state index is 13.0. The molecular weight excluding hydrogens is 460 g/mol. The predicted octanol–water partition coefficient (Wildman–Crippen LogP) is 0.883. The summed E-state index contributed by atoms with van der Waals surface area (Å²) >= 11 is 1.32. The average molecular weight is 481 g/mol. The molecule has 3 heterocycles. The van der Waals surface area contributed by atoms with E-state index in [1.807, 2.05) is 4.90 Å². The molecule has 0 radical (unpaired) electrons. The molecule has 1 aliphatic rings. The molecule has 170 valence electrons. The van der Waals surface area contributed by atoms with Crippen LogP contribution in [0.15, 0.2) is 34.0 Å². The molecule has 4 rings (SSSR count). The standard InChI is InChI=1S/C18H20N6O6S2/c1-12-9-17(25)23-18(19-12)31-16(20-23)11-21-5-7-22(8-6-21)32(28,29)13-3-4-15(30-2)14(10-13)24(26)27/h3-4,9-10H,5-8,11H2,1-2H3. The van der Waals surface area contributed by atoms with E-state index in [4.69, 9.17) is 4.74 Å². The minimum atomic E-state index is -3.89. The van der Waals surface area contributed by atoms with E-state index < -0.39 is 20.6 Å². The highest BCUT2D eigenvalue weighted by Gasteiger charge is 2.31. The Labute approximate surface area is 186 Å². The number of methoxy groups -OCH3 is 1. The Morgan fingerprint density at radius 2 is 1.94 bits per heavy atom. The maximum atomic E-state index is 13.0. The predicted molar refractivity (Wildman–Crippen MR) is 116 cm³/mol. The normalized spacial score (nSPS) is 15.8. The molecular formula is C18H20N6O6S2. The van der Waals surface area contributed by atoms with Crippen LogP contribution in [0.2, 0.25) is 0 Å². The first-order valence-corrected chi connectivity index (χ1v) is 11.9. The summed E-state index contributed by atoms with van der Waals surface area (Å²) in [6.07, 6.45) is 0. The fourth-order valence-electron chi connectivity index (χ4n) is 3.47. The van der Waals surface area contributed by atoms with Gasteiger partial charge in [-0.3, -0.25) is 19.8 Å². The van der Waals surface area contributed by atoms with Crippen molar-refractivity contribution in [2.24, 2.45) is 0 Å². The minimum Gasteiger partial charge on any atom is -0.490 e. The van der Waals surface area contributed by atoms with E-state index in [1.165, 1.54) is 45.5 Å². The summed E-state index contributed by atoms with van der Waals surface area (Å²) < 4.78 is 33.5. The number of aryl methyl sites for hydroxylation is 1. The van der Waals surface area contributed by atoms with Crippen LogP contribution in [-0.4, -0.2) is 70.4 Å². The third-order valence-electron chi connectivity index (χ3n) is 5.09. The number of hydrogen-bond donors (Lipinski definition) is 0. The topological polar surface area (TPSA) is 140 Å². The first kappa shape index (κ1) is 22.3. The zero-order valence-electron chi connectivity index (χ0n) is 17.3. The molecule has 2 aromatic heterocycles. The van der Waals surface area contributed by atoms with Gasteiger partial charge in [-0.15, -0.1) is 0 Å². The molecule has 1 aromatic carbocycles. The lowest BCUT2D eigenvalue weighted by molar-refractivity contribution is -0.386. The molecule has 12 nitrogen and oxygen atoms in total. The molecule has 0 bridgehead atoms. The number of nitrogens with zero attached hydrogens (tertiary/aromatic N) is 6. The van der Waals surface area contributed by atoms with Crippen LogP contribution in [0.25, 0.3) is 4.96 Å². The quantitative estimate of drug-likeness (QED) is 0.371. The third-order valence-corrected chi connectivity index (χ3v) is 7.88. The van der Waals surface area contributed by atoms with Crippen molar-refractivity contribution in [2.75, 3.05) is 33.3 Å². The third kappa shape index (κ3) is 4.21. The molecule has 0 unspecified atom stereocenters. The molecule has 14 heteroatoms. The van der Waals surface area contributed by atoms with Crippen LogP contribution in [-0.2, 0) is 16.6 Å². The van der Waals surface area contributed by atoms with Gasteiger partial charge in [-0.05, 0) is 19.1 Å². The summed E-state index contributed by atoms with van der Waals surface area (Å²) in [6, 6.07) is 5.03. The van der Waals surface area contributed by atoms with Crippen molar-refractivity contribution in [3.05, 3.63) is 55.4 Å². The number of benzene rings is 1. The molecule has 0 spiro atoms. The molecule has 0 atom stereocenters. The number of nitro groups is 1. The van der Waals surface area contributed by atoms with Crippen LogP contribution < -0.4 is 10.3 Å². The number of rotatable bonds is 6. The van der Waals surface area contributed by atoms with Crippen molar-refractivity contribution < 1.29 is 18.1 Å². The van der Waals surface area contributed by atoms with Crippen molar-refractivity contribution in [2.45, 2.75) is 18.4 Å². The van der Waals surface area contributed by atoms with E-state index in [0.717, 1.165) is 6.07 Å². The molecule has 0 saturated carbocycles. The zero-order chi connectivity index (χ0) is 23.0. The minimum absolute atomic E-state index is 0.00149. The van der Waals surface area contributed by atoms with Crippen molar-refractivity contribution >= 4 is 32.0 Å². The smallest absolute Gasteiger partial charge is 0.312 e. The Balaban J connectivity index is 1.46. The summed E-state index contributed by atoms with van der Waals surface area (Å²) in [5.74, 6) is -0.00149. The van der Waals surface area contributed by atoms with Gasteiger partial charge in [-0.1, -0.05) is 11.3 Å². The summed E-state index contributed by atoms with van der Waals surface area (Å²) in [7, 11) is -2.61. The van der Waals surface area contributed by atoms with Gasteiger partial charge in [0.15, 0.2) is 5.75 Å². The van der Waals surface area contributed by atoms with Crippen molar-refractivity contribution in [3.63, 3.8) is 0 Å². The van der Waals surface area contributed by atoms with Crippen LogP contribution in [0.5, 0.6) is 5.75 Å². The summed E-state index contributed by atoms with van der Waals surface area (Å²) in [6.45, 7) is 3.57. The fraction of sp³-hybridized carbons (Fsp3) is 0.389. The van der Waals surface area contributed by atoms with E-state index in [2.05, 4.69) is 10.1 Å². The summed E-state index contributed by atoms with van der Waals surface area (Å²) in [4.78, 5) is 29.3. The molecule has 0 amide bonds. The highest BCUT2D eigenvalue weighted by molar-refractivity contribution is 7.89. The number of piperazine rings is 1. The second kappa shape index (κ2) is 8.54. The van der Waals surface area contributed by atoms with Gasteiger partial charge in [0.05, 0.1) is 23.5 Å². The first-order valence-electron chi connectivity index (χ1n) is 9.60. The molecule has 0 aliphatic carbocycles. The largest absolute Gasteiger partial charge is 0.490 e. The number of nitro benzene ring substituents is 1. The Morgan fingerprint density at radius 1 is 1.22 bits per heavy atom. The molecule has 0 N–H and O–H groups in total. The Morgan fingerprint density at radius 3 is 2.59 bits per heavy atom. The van der Waals surface area contributed by atoms with E-state index in [0.29, 0.717) is 35.3 Å². The highest BCUT2D eigenvalue weighted by Crippen LogP contribution is 2.31. The lowest BCUT2D eigenvalue weighted by atomic mass is 10.3. The Hall–Kier alpha value is -2.94. The molecule has 32 heavy (non-hydrogen) atoms. The van der Waals surface area contributed by atoms with Gasteiger partial charge in [-0.2, -0.15) is 13.9 Å². The van der Waals surface area contributed by atoms with Gasteiger partial charge in [0, 0.05) is 44.0 Å². The van der Waals surface area contributed by atoms with Crippen LogP contribution in [0.4, 0.5) is 5.69 Å². The average Bonchev–Trinajstić information content (AvgIpc) is 3.16. The molecule has 1 aliphatic heterocycles. The van der Waals surface area contributed by atoms with Crippen molar-refractivity contribution in [1.29, 1.82) is 0 Å². The highest BCUT2D eigenvalue weighted by atomic mass is 32.2. The van der Waals surface area contributed by atoms with Gasteiger partial charge in [0.25, 0.3) is 5.56 Å². The van der Waals surface area contributed by atoms with Gasteiger partial charge < -0.3 is 4.74 Å². The van der Waals surface area contributed by atoms with Crippen LogP contribution >= 0.6 is 11.3 Å². The van der Waals surface area contributed by atoms with Crippen LogP contribution in [0, 0.1) is 17.0 Å². The summed E-state index contributed by atoms with van der Waals surface area (Å²) in [5, 5.41) is 16.3. The van der Waals surface area contributed by atoms with Crippen LogP contribution in [0.3, 0.4) is 0 Å². The second-order valence-electron chi connectivity index (χ2n) is 7.20. The molecule has 1 fully saturated rings. The molecule has 3 aromatic rings. The SMILES string of the molecule is COc1ccc(S(=O)(=O)N2CCN(Cc3nn4c(=O)cc(C)nc4s3)CC2)cc1[N+](=O)[O-]. The van der Waals surface area contributed by atoms with E-state index in [1.54, 1.807) is 6.92 Å².